The molecule has 1 aromatic carbocycles. The van der Waals surface area contributed by atoms with E-state index in [0.717, 1.165) is 11.5 Å². The van der Waals surface area contributed by atoms with Crippen molar-refractivity contribution in [3.05, 3.63) is 41.1 Å². The van der Waals surface area contributed by atoms with E-state index < -0.39 is 0 Å². The van der Waals surface area contributed by atoms with Crippen LogP contribution in [0.25, 0.3) is 5.69 Å². The van der Waals surface area contributed by atoms with Crippen LogP contribution in [0, 0.1) is 13.8 Å². The SMILES string of the molecule is Cc1ccc(-n2nc(C3CCCCC3)cc2N)c(C)c1. The van der Waals surface area contributed by atoms with Gasteiger partial charge in [0.05, 0.1) is 11.4 Å². The van der Waals surface area contributed by atoms with Crippen LogP contribution in [-0.2, 0) is 0 Å². The number of benzene rings is 1. The molecule has 0 amide bonds. The predicted octanol–water partition coefficient (Wildman–Crippen LogP) is 4.12. The van der Waals surface area contributed by atoms with E-state index in [9.17, 15) is 0 Å². The second kappa shape index (κ2) is 5.31. The first-order chi connectivity index (χ1) is 9.65. The number of hydrogen-bond donors (Lipinski definition) is 1. The van der Waals surface area contributed by atoms with E-state index in [0.29, 0.717) is 5.92 Å². The van der Waals surface area contributed by atoms with Crippen LogP contribution in [0.3, 0.4) is 0 Å². The van der Waals surface area contributed by atoms with Gasteiger partial charge in [-0.1, -0.05) is 37.0 Å². The van der Waals surface area contributed by atoms with Gasteiger partial charge in [0.1, 0.15) is 5.82 Å². The van der Waals surface area contributed by atoms with Crippen LogP contribution in [0.15, 0.2) is 24.3 Å². The van der Waals surface area contributed by atoms with Gasteiger partial charge in [0.2, 0.25) is 0 Å². The highest BCUT2D eigenvalue weighted by molar-refractivity contribution is 5.48. The highest BCUT2D eigenvalue weighted by atomic mass is 15.3. The number of nitrogen functional groups attached to an aromatic ring is 1. The zero-order chi connectivity index (χ0) is 14.1. The van der Waals surface area contributed by atoms with Crippen molar-refractivity contribution in [3.8, 4) is 5.69 Å². The molecule has 0 spiro atoms. The van der Waals surface area contributed by atoms with Gasteiger partial charge in [-0.15, -0.1) is 0 Å². The molecule has 1 fully saturated rings. The Hall–Kier alpha value is -1.77. The molecular formula is C17H23N3. The quantitative estimate of drug-likeness (QED) is 0.891. The molecule has 0 unspecified atom stereocenters. The zero-order valence-corrected chi connectivity index (χ0v) is 12.4. The number of anilines is 1. The molecule has 3 nitrogen and oxygen atoms in total. The molecule has 1 saturated carbocycles. The number of nitrogens with zero attached hydrogens (tertiary/aromatic N) is 2. The van der Waals surface area contributed by atoms with Gasteiger partial charge in [0.25, 0.3) is 0 Å². The number of aryl methyl sites for hydroxylation is 2. The van der Waals surface area contributed by atoms with Crippen LogP contribution in [0.5, 0.6) is 0 Å². The van der Waals surface area contributed by atoms with Gasteiger partial charge >= 0.3 is 0 Å². The predicted molar refractivity (Wildman–Crippen MR) is 83.3 cm³/mol. The van der Waals surface area contributed by atoms with Crippen molar-refractivity contribution in [2.24, 2.45) is 0 Å². The smallest absolute Gasteiger partial charge is 0.127 e. The average molecular weight is 269 g/mol. The third-order valence-electron chi connectivity index (χ3n) is 4.36. The van der Waals surface area contributed by atoms with E-state index in [-0.39, 0.29) is 0 Å². The Balaban J connectivity index is 1.95. The number of hydrogen-bond acceptors (Lipinski definition) is 2. The first-order valence-electron chi connectivity index (χ1n) is 7.58. The van der Waals surface area contributed by atoms with Crippen LogP contribution in [0.4, 0.5) is 5.82 Å². The van der Waals surface area contributed by atoms with Gasteiger partial charge in [-0.05, 0) is 38.3 Å². The molecule has 0 radical (unpaired) electrons. The van der Waals surface area contributed by atoms with Gasteiger partial charge in [-0.2, -0.15) is 5.10 Å². The fourth-order valence-electron chi connectivity index (χ4n) is 3.25. The topological polar surface area (TPSA) is 43.8 Å². The third kappa shape index (κ3) is 2.45. The Labute approximate surface area is 120 Å². The standard InChI is InChI=1S/C17H23N3/c1-12-8-9-16(13(2)10-12)20-17(18)11-15(19-20)14-6-4-3-5-7-14/h8-11,14H,3-7,18H2,1-2H3. The molecule has 0 aliphatic heterocycles. The van der Waals surface area contributed by atoms with Gasteiger partial charge < -0.3 is 5.73 Å². The molecule has 1 aromatic heterocycles. The van der Waals surface area contributed by atoms with E-state index in [1.807, 2.05) is 4.68 Å². The fraction of sp³-hybridized carbons (Fsp3) is 0.471. The van der Waals surface area contributed by atoms with Crippen LogP contribution in [0.1, 0.15) is 54.8 Å². The summed E-state index contributed by atoms with van der Waals surface area (Å²) in [6, 6.07) is 8.47. The van der Waals surface area contributed by atoms with E-state index in [1.54, 1.807) is 0 Å². The molecule has 3 rings (SSSR count). The first-order valence-corrected chi connectivity index (χ1v) is 7.58. The molecule has 0 atom stereocenters. The normalized spacial score (nSPS) is 16.5. The average Bonchev–Trinajstić information content (AvgIpc) is 2.82. The monoisotopic (exact) mass is 269 g/mol. The highest BCUT2D eigenvalue weighted by Crippen LogP contribution is 2.33. The van der Waals surface area contributed by atoms with Crippen molar-refractivity contribution in [3.63, 3.8) is 0 Å². The second-order valence-corrected chi connectivity index (χ2v) is 6.03. The van der Waals surface area contributed by atoms with Crippen molar-refractivity contribution in [1.82, 2.24) is 9.78 Å². The summed E-state index contributed by atoms with van der Waals surface area (Å²) in [5, 5.41) is 4.79. The maximum absolute atomic E-state index is 6.19. The third-order valence-corrected chi connectivity index (χ3v) is 4.36. The van der Waals surface area contributed by atoms with Crippen LogP contribution < -0.4 is 5.73 Å². The van der Waals surface area contributed by atoms with Crippen molar-refractivity contribution in [2.75, 3.05) is 5.73 Å². The van der Waals surface area contributed by atoms with Crippen molar-refractivity contribution in [2.45, 2.75) is 51.9 Å². The summed E-state index contributed by atoms with van der Waals surface area (Å²) >= 11 is 0. The molecule has 1 aliphatic rings. The summed E-state index contributed by atoms with van der Waals surface area (Å²) < 4.78 is 1.90. The molecule has 20 heavy (non-hydrogen) atoms. The van der Waals surface area contributed by atoms with Crippen LogP contribution >= 0.6 is 0 Å². The molecule has 1 aliphatic carbocycles. The fourth-order valence-corrected chi connectivity index (χ4v) is 3.25. The van der Waals surface area contributed by atoms with Gasteiger partial charge in [0, 0.05) is 12.0 Å². The van der Waals surface area contributed by atoms with Gasteiger partial charge in [-0.25, -0.2) is 4.68 Å². The summed E-state index contributed by atoms with van der Waals surface area (Å²) in [4.78, 5) is 0. The van der Waals surface area contributed by atoms with Crippen LogP contribution in [-0.4, -0.2) is 9.78 Å². The van der Waals surface area contributed by atoms with Crippen molar-refractivity contribution >= 4 is 5.82 Å². The Bertz CT molecular complexity index is 607. The lowest BCUT2D eigenvalue weighted by Gasteiger charge is -2.19. The lowest BCUT2D eigenvalue weighted by molar-refractivity contribution is 0.435. The Morgan fingerprint density at radius 3 is 2.55 bits per heavy atom. The molecule has 2 aromatic rings. The van der Waals surface area contributed by atoms with Gasteiger partial charge in [-0.3, -0.25) is 0 Å². The molecule has 106 valence electrons. The van der Waals surface area contributed by atoms with E-state index >= 15 is 0 Å². The summed E-state index contributed by atoms with van der Waals surface area (Å²) in [6.07, 6.45) is 6.51. The van der Waals surface area contributed by atoms with Crippen molar-refractivity contribution in [1.29, 1.82) is 0 Å². The summed E-state index contributed by atoms with van der Waals surface area (Å²) in [5.74, 6) is 1.34. The summed E-state index contributed by atoms with van der Waals surface area (Å²) in [6.45, 7) is 4.22. The number of nitrogens with two attached hydrogens (primary N) is 1. The van der Waals surface area contributed by atoms with Crippen LogP contribution in [0.2, 0.25) is 0 Å². The molecular weight excluding hydrogens is 246 g/mol. The second-order valence-electron chi connectivity index (χ2n) is 6.03. The molecule has 3 heteroatoms. The Kier molecular flexibility index (Phi) is 3.51. The summed E-state index contributed by atoms with van der Waals surface area (Å²) in [7, 11) is 0. The zero-order valence-electron chi connectivity index (χ0n) is 12.4. The Morgan fingerprint density at radius 2 is 1.85 bits per heavy atom. The highest BCUT2D eigenvalue weighted by Gasteiger charge is 2.20. The maximum Gasteiger partial charge on any atom is 0.127 e. The van der Waals surface area contributed by atoms with E-state index in [4.69, 9.17) is 10.8 Å². The largest absolute Gasteiger partial charge is 0.384 e. The molecule has 2 N–H and O–H groups in total. The minimum atomic E-state index is 0.595. The Morgan fingerprint density at radius 1 is 1.10 bits per heavy atom. The van der Waals surface area contributed by atoms with Gasteiger partial charge in [0.15, 0.2) is 0 Å². The lowest BCUT2D eigenvalue weighted by atomic mass is 9.87. The van der Waals surface area contributed by atoms with E-state index in [1.165, 1.54) is 48.9 Å². The summed E-state index contributed by atoms with van der Waals surface area (Å²) in [5.41, 5.74) is 10.9. The maximum atomic E-state index is 6.19. The number of rotatable bonds is 2. The molecule has 1 heterocycles. The molecule has 0 saturated heterocycles. The first kappa shape index (κ1) is 13.2. The lowest BCUT2D eigenvalue weighted by Crippen LogP contribution is -2.07. The number of aromatic nitrogens is 2. The minimum absolute atomic E-state index is 0.595. The minimum Gasteiger partial charge on any atom is -0.384 e. The molecule has 0 bridgehead atoms. The van der Waals surface area contributed by atoms with E-state index in [2.05, 4.69) is 38.1 Å². The van der Waals surface area contributed by atoms with Crippen molar-refractivity contribution < 1.29 is 0 Å².